The Morgan fingerprint density at radius 1 is 1.65 bits per heavy atom. The van der Waals surface area contributed by atoms with Crippen LogP contribution in [0.1, 0.15) is 16.1 Å². The number of nitrogens with zero attached hydrogens (tertiary/aromatic N) is 2. The topological polar surface area (TPSA) is 93.5 Å². The highest BCUT2D eigenvalue weighted by molar-refractivity contribution is 5.97. The van der Waals surface area contributed by atoms with Gasteiger partial charge in [0.1, 0.15) is 0 Å². The molecule has 1 aromatic heterocycles. The first-order valence-electron chi connectivity index (χ1n) is 4.98. The zero-order valence-corrected chi connectivity index (χ0v) is 9.93. The van der Waals surface area contributed by atoms with Crippen LogP contribution in [0.2, 0.25) is 0 Å². The molecular weight excluding hydrogens is 226 g/mol. The standard InChI is InChI=1S/C10H15N3O4/c1-6-7(4-11-13(6)2)9(14)12-8(5-17-3)10(15)16/h4,8H,5H2,1-3H3,(H,12,14)(H,15,16). The Morgan fingerprint density at radius 3 is 2.71 bits per heavy atom. The van der Waals surface area contributed by atoms with Gasteiger partial charge in [0.2, 0.25) is 0 Å². The molecule has 1 unspecified atom stereocenters. The third-order valence-corrected chi connectivity index (χ3v) is 2.42. The number of nitrogens with one attached hydrogen (secondary N) is 1. The molecule has 0 spiro atoms. The summed E-state index contributed by atoms with van der Waals surface area (Å²) in [6.45, 7) is 1.65. The number of methoxy groups -OCH3 is 1. The minimum atomic E-state index is -1.14. The Morgan fingerprint density at radius 2 is 2.29 bits per heavy atom. The molecule has 1 aromatic rings. The lowest BCUT2D eigenvalue weighted by atomic mass is 10.2. The van der Waals surface area contributed by atoms with E-state index in [1.54, 1.807) is 18.7 Å². The second kappa shape index (κ2) is 5.44. The summed E-state index contributed by atoms with van der Waals surface area (Å²) >= 11 is 0. The molecule has 0 fully saturated rings. The first kappa shape index (κ1) is 13.2. The molecule has 7 nitrogen and oxygen atoms in total. The fraction of sp³-hybridized carbons (Fsp3) is 0.500. The molecule has 0 saturated carbocycles. The van der Waals surface area contributed by atoms with Crippen LogP contribution in [-0.4, -0.2) is 46.5 Å². The number of carboxylic acid groups (broad SMARTS) is 1. The number of aryl methyl sites for hydroxylation is 1. The van der Waals surface area contributed by atoms with Crippen LogP contribution < -0.4 is 5.32 Å². The Balaban J connectivity index is 2.77. The molecule has 0 aromatic carbocycles. The third kappa shape index (κ3) is 3.04. The van der Waals surface area contributed by atoms with E-state index >= 15 is 0 Å². The van der Waals surface area contributed by atoms with Crippen LogP contribution in [0.5, 0.6) is 0 Å². The van der Waals surface area contributed by atoms with E-state index in [2.05, 4.69) is 10.4 Å². The number of carboxylic acids is 1. The molecule has 1 heterocycles. The van der Waals surface area contributed by atoms with Crippen molar-refractivity contribution in [1.82, 2.24) is 15.1 Å². The SMILES string of the molecule is COCC(NC(=O)c1cnn(C)c1C)C(=O)O. The van der Waals surface area contributed by atoms with Gasteiger partial charge in [0.05, 0.1) is 18.4 Å². The van der Waals surface area contributed by atoms with Crippen molar-refractivity contribution in [2.45, 2.75) is 13.0 Å². The van der Waals surface area contributed by atoms with E-state index in [1.807, 2.05) is 0 Å². The van der Waals surface area contributed by atoms with Gasteiger partial charge in [0.25, 0.3) is 5.91 Å². The van der Waals surface area contributed by atoms with Crippen LogP contribution in [0.4, 0.5) is 0 Å². The number of carbonyl (C=O) groups excluding carboxylic acids is 1. The number of carbonyl (C=O) groups is 2. The zero-order chi connectivity index (χ0) is 13.0. The van der Waals surface area contributed by atoms with Gasteiger partial charge >= 0.3 is 5.97 Å². The Labute approximate surface area is 98.4 Å². The Hall–Kier alpha value is -1.89. The predicted octanol–water partition coefficient (Wildman–Crippen LogP) is -0.442. The van der Waals surface area contributed by atoms with Gasteiger partial charge in [-0.1, -0.05) is 0 Å². The van der Waals surface area contributed by atoms with Crippen LogP contribution in [0, 0.1) is 6.92 Å². The lowest BCUT2D eigenvalue weighted by molar-refractivity contribution is -0.140. The number of hydrogen-bond acceptors (Lipinski definition) is 4. The monoisotopic (exact) mass is 241 g/mol. The lowest BCUT2D eigenvalue weighted by Gasteiger charge is -2.13. The zero-order valence-electron chi connectivity index (χ0n) is 9.93. The Kier molecular flexibility index (Phi) is 4.22. The second-order valence-electron chi connectivity index (χ2n) is 3.59. The lowest BCUT2D eigenvalue weighted by Crippen LogP contribution is -2.43. The summed E-state index contributed by atoms with van der Waals surface area (Å²) in [6.07, 6.45) is 1.40. The van der Waals surface area contributed by atoms with Crippen LogP contribution in [0.25, 0.3) is 0 Å². The molecule has 2 N–H and O–H groups in total. The molecule has 0 saturated heterocycles. The van der Waals surface area contributed by atoms with Gasteiger partial charge in [-0.15, -0.1) is 0 Å². The van der Waals surface area contributed by atoms with Crippen LogP contribution in [0.3, 0.4) is 0 Å². The van der Waals surface area contributed by atoms with Gasteiger partial charge < -0.3 is 15.2 Å². The first-order chi connectivity index (χ1) is 7.97. The maximum Gasteiger partial charge on any atom is 0.328 e. The van der Waals surface area contributed by atoms with E-state index in [0.29, 0.717) is 11.3 Å². The van der Waals surface area contributed by atoms with Crippen molar-refractivity contribution in [3.8, 4) is 0 Å². The van der Waals surface area contributed by atoms with Crippen LogP contribution in [0.15, 0.2) is 6.20 Å². The molecule has 0 aliphatic carbocycles. The Bertz CT molecular complexity index is 427. The van der Waals surface area contributed by atoms with Gasteiger partial charge in [-0.25, -0.2) is 4.79 Å². The molecule has 7 heteroatoms. The number of amides is 1. The van der Waals surface area contributed by atoms with E-state index in [-0.39, 0.29) is 6.61 Å². The van der Waals surface area contributed by atoms with Crippen molar-refractivity contribution < 1.29 is 19.4 Å². The summed E-state index contributed by atoms with van der Waals surface area (Å²) in [5, 5.41) is 15.1. The summed E-state index contributed by atoms with van der Waals surface area (Å²) in [4.78, 5) is 22.6. The van der Waals surface area contributed by atoms with Crippen molar-refractivity contribution in [2.24, 2.45) is 7.05 Å². The van der Waals surface area contributed by atoms with E-state index in [9.17, 15) is 9.59 Å². The summed E-state index contributed by atoms with van der Waals surface area (Å²) < 4.78 is 6.26. The fourth-order valence-electron chi connectivity index (χ4n) is 1.30. The van der Waals surface area contributed by atoms with Gasteiger partial charge in [0, 0.05) is 19.9 Å². The van der Waals surface area contributed by atoms with E-state index in [0.717, 1.165) is 0 Å². The first-order valence-corrected chi connectivity index (χ1v) is 4.98. The number of aromatic nitrogens is 2. The second-order valence-corrected chi connectivity index (χ2v) is 3.59. The van der Waals surface area contributed by atoms with Gasteiger partial charge in [-0.2, -0.15) is 5.10 Å². The molecule has 0 bridgehead atoms. The average Bonchev–Trinajstić information content (AvgIpc) is 2.59. The number of aliphatic carboxylic acids is 1. The molecule has 1 amide bonds. The molecular formula is C10H15N3O4. The molecule has 94 valence electrons. The van der Waals surface area contributed by atoms with Gasteiger partial charge in [-0.3, -0.25) is 9.48 Å². The highest BCUT2D eigenvalue weighted by atomic mass is 16.5. The molecule has 0 aliphatic rings. The van der Waals surface area contributed by atoms with Crippen LogP contribution in [-0.2, 0) is 16.6 Å². The van der Waals surface area contributed by atoms with Gasteiger partial charge in [-0.05, 0) is 6.92 Å². The van der Waals surface area contributed by atoms with Crippen LogP contribution >= 0.6 is 0 Å². The van der Waals surface area contributed by atoms with Gasteiger partial charge in [0.15, 0.2) is 6.04 Å². The molecule has 1 atom stereocenters. The van der Waals surface area contributed by atoms with Crippen molar-refractivity contribution in [2.75, 3.05) is 13.7 Å². The minimum Gasteiger partial charge on any atom is -0.480 e. The molecule has 17 heavy (non-hydrogen) atoms. The minimum absolute atomic E-state index is 0.0830. The fourth-order valence-corrected chi connectivity index (χ4v) is 1.30. The molecule has 0 aliphatic heterocycles. The predicted molar refractivity (Wildman–Crippen MR) is 58.7 cm³/mol. The third-order valence-electron chi connectivity index (χ3n) is 2.42. The van der Waals surface area contributed by atoms with Crippen molar-refractivity contribution in [1.29, 1.82) is 0 Å². The largest absolute Gasteiger partial charge is 0.480 e. The average molecular weight is 241 g/mol. The summed E-state index contributed by atoms with van der Waals surface area (Å²) in [7, 11) is 3.08. The van der Waals surface area contributed by atoms with E-state index in [1.165, 1.54) is 13.3 Å². The maximum absolute atomic E-state index is 11.8. The number of rotatable bonds is 5. The summed E-state index contributed by atoms with van der Waals surface area (Å²) in [5.74, 6) is -1.61. The highest BCUT2D eigenvalue weighted by Crippen LogP contribution is 2.05. The smallest absolute Gasteiger partial charge is 0.328 e. The van der Waals surface area contributed by atoms with Crippen molar-refractivity contribution in [3.05, 3.63) is 17.5 Å². The van der Waals surface area contributed by atoms with Crippen molar-refractivity contribution >= 4 is 11.9 Å². The molecule has 0 radical (unpaired) electrons. The molecule has 1 rings (SSSR count). The summed E-state index contributed by atoms with van der Waals surface area (Å²) in [5.41, 5.74) is 1.03. The van der Waals surface area contributed by atoms with Crippen molar-refractivity contribution in [3.63, 3.8) is 0 Å². The maximum atomic E-state index is 11.8. The summed E-state index contributed by atoms with van der Waals surface area (Å²) in [6, 6.07) is -1.06. The van der Waals surface area contributed by atoms with E-state index in [4.69, 9.17) is 9.84 Å². The number of ether oxygens (including phenoxy) is 1. The van der Waals surface area contributed by atoms with E-state index < -0.39 is 17.9 Å². The number of hydrogen-bond donors (Lipinski definition) is 2. The quantitative estimate of drug-likeness (QED) is 0.728. The highest BCUT2D eigenvalue weighted by Gasteiger charge is 2.22. The normalized spacial score (nSPS) is 12.2.